The van der Waals surface area contributed by atoms with Crippen LogP contribution in [0.1, 0.15) is 25.7 Å². The first-order chi connectivity index (χ1) is 4.27. The molecule has 0 aliphatic carbocycles. The minimum absolute atomic E-state index is 0.301. The van der Waals surface area contributed by atoms with Crippen LogP contribution in [-0.2, 0) is 0 Å². The molecule has 0 saturated heterocycles. The molecule has 56 valence electrons. The molecule has 1 atom stereocenters. The first kappa shape index (κ1) is 9.44. The number of hydrogen-bond acceptors (Lipinski definition) is 2. The topological polar surface area (TPSA) is 52.0 Å². The van der Waals surface area contributed by atoms with Crippen molar-refractivity contribution in [2.24, 2.45) is 11.5 Å². The summed E-state index contributed by atoms with van der Waals surface area (Å²) in [5, 5.41) is 0. The summed E-state index contributed by atoms with van der Waals surface area (Å²) in [4.78, 5) is 0.301. The second-order valence-electron chi connectivity index (χ2n) is 2.21. The van der Waals surface area contributed by atoms with E-state index in [2.05, 4.69) is 16.0 Å². The van der Waals surface area contributed by atoms with Crippen molar-refractivity contribution in [3.05, 3.63) is 0 Å². The maximum atomic E-state index is 5.52. The van der Waals surface area contributed by atoms with Crippen molar-refractivity contribution in [3.63, 3.8) is 0 Å². The molecule has 0 aromatic carbocycles. The fourth-order valence-corrected chi connectivity index (χ4v) is 1.06. The molecule has 0 aliphatic heterocycles. The van der Waals surface area contributed by atoms with Gasteiger partial charge in [-0.3, -0.25) is 0 Å². The Morgan fingerprint density at radius 1 is 1.22 bits per heavy atom. The molecule has 0 bridgehead atoms. The number of nitrogens with two attached hydrogens (primary N) is 2. The summed E-state index contributed by atoms with van der Waals surface area (Å²) in [5.41, 5.74) is 10.8. The Bertz CT molecular complexity index is 57.0. The zero-order valence-electron chi connectivity index (χ0n) is 5.71. The Kier molecular flexibility index (Phi) is 6.88. The van der Waals surface area contributed by atoms with Gasteiger partial charge in [-0.1, -0.05) is 0 Å². The van der Waals surface area contributed by atoms with Crippen LogP contribution >= 0.6 is 0 Å². The van der Waals surface area contributed by atoms with Crippen LogP contribution in [0.25, 0.3) is 0 Å². The average molecular weight is 195 g/mol. The van der Waals surface area contributed by atoms with Crippen molar-refractivity contribution < 1.29 is 0 Å². The van der Waals surface area contributed by atoms with E-state index < -0.39 is 0 Å². The monoisotopic (exact) mass is 196 g/mol. The zero-order chi connectivity index (χ0) is 7.11. The van der Waals surface area contributed by atoms with Gasteiger partial charge in [0.1, 0.15) is 0 Å². The molecule has 0 aromatic heterocycles. The number of unbranched alkanes of at least 4 members (excludes halogenated alkanes) is 2. The van der Waals surface area contributed by atoms with E-state index in [1.807, 2.05) is 0 Å². The predicted molar refractivity (Wildman–Crippen MR) is 42.6 cm³/mol. The van der Waals surface area contributed by atoms with Crippen LogP contribution in [0.3, 0.4) is 0 Å². The average Bonchev–Trinajstić information content (AvgIpc) is 1.80. The van der Waals surface area contributed by atoms with E-state index >= 15 is 0 Å². The molecule has 0 spiro atoms. The molecule has 3 heteroatoms. The Morgan fingerprint density at radius 2 is 1.89 bits per heavy atom. The van der Waals surface area contributed by atoms with Gasteiger partial charge in [-0.25, -0.2) is 0 Å². The molecule has 9 heavy (non-hydrogen) atoms. The number of hydrogen-bond donors (Lipinski definition) is 2. The molecule has 4 N–H and O–H groups in total. The summed E-state index contributed by atoms with van der Waals surface area (Å²) in [6, 6.07) is 0. The third-order valence-electron chi connectivity index (χ3n) is 1.20. The SMILES string of the molecule is NCCCCCC(N)[SeH]. The van der Waals surface area contributed by atoms with E-state index in [1.165, 1.54) is 12.8 Å². The molecule has 0 aliphatic rings. The van der Waals surface area contributed by atoms with Gasteiger partial charge < -0.3 is 0 Å². The van der Waals surface area contributed by atoms with E-state index in [0.29, 0.717) is 4.94 Å². The third-order valence-corrected chi connectivity index (χ3v) is 1.75. The van der Waals surface area contributed by atoms with Crippen molar-refractivity contribution in [2.45, 2.75) is 30.6 Å². The summed E-state index contributed by atoms with van der Waals surface area (Å²) in [6.07, 6.45) is 4.69. The van der Waals surface area contributed by atoms with Crippen LogP contribution in [0.4, 0.5) is 0 Å². The molecule has 0 amide bonds. The van der Waals surface area contributed by atoms with Crippen LogP contribution in [0.15, 0.2) is 0 Å². The minimum atomic E-state index is 0.301. The molecule has 2 nitrogen and oxygen atoms in total. The van der Waals surface area contributed by atoms with Crippen molar-refractivity contribution in [1.29, 1.82) is 0 Å². The fraction of sp³-hybridized carbons (Fsp3) is 1.00. The molecule has 0 fully saturated rings. The molecule has 0 heterocycles. The molecule has 0 radical (unpaired) electrons. The number of rotatable bonds is 5. The van der Waals surface area contributed by atoms with E-state index in [4.69, 9.17) is 11.5 Å². The Morgan fingerprint density at radius 3 is 2.33 bits per heavy atom. The van der Waals surface area contributed by atoms with Crippen molar-refractivity contribution in [3.8, 4) is 0 Å². The van der Waals surface area contributed by atoms with Gasteiger partial charge in [0.25, 0.3) is 0 Å². The summed E-state index contributed by atoms with van der Waals surface area (Å²) in [6.45, 7) is 0.813. The third kappa shape index (κ3) is 8.44. The molecular weight excluding hydrogens is 179 g/mol. The van der Waals surface area contributed by atoms with Gasteiger partial charge >= 0.3 is 64.6 Å². The predicted octanol–water partition coefficient (Wildman–Crippen LogP) is -0.309. The summed E-state index contributed by atoms with van der Waals surface area (Å²) in [7, 11) is 0. The van der Waals surface area contributed by atoms with Gasteiger partial charge in [0.05, 0.1) is 0 Å². The Balaban J connectivity index is 2.75. The molecule has 0 rings (SSSR count). The van der Waals surface area contributed by atoms with Gasteiger partial charge in [0.15, 0.2) is 0 Å². The van der Waals surface area contributed by atoms with Crippen molar-refractivity contribution in [2.75, 3.05) is 6.54 Å². The maximum absolute atomic E-state index is 5.52. The molecular formula is C6H16N2Se. The van der Waals surface area contributed by atoms with Gasteiger partial charge in [-0.2, -0.15) is 0 Å². The second kappa shape index (κ2) is 6.56. The molecule has 0 saturated carbocycles. The van der Waals surface area contributed by atoms with E-state index in [1.54, 1.807) is 0 Å². The summed E-state index contributed by atoms with van der Waals surface area (Å²) in [5.74, 6) is 0. The molecule has 1 unspecified atom stereocenters. The Hall–Kier alpha value is 0.439. The van der Waals surface area contributed by atoms with Crippen LogP contribution in [0, 0.1) is 0 Å². The van der Waals surface area contributed by atoms with Crippen LogP contribution < -0.4 is 11.5 Å². The molecule has 0 aromatic rings. The van der Waals surface area contributed by atoms with E-state index in [9.17, 15) is 0 Å². The van der Waals surface area contributed by atoms with Gasteiger partial charge in [-0.15, -0.1) is 0 Å². The standard InChI is InChI=1S/C6H16N2Se/c7-5-3-1-2-4-6(8)9/h6,9H,1-5,7-8H2. The van der Waals surface area contributed by atoms with Crippen LogP contribution in [0.2, 0.25) is 0 Å². The van der Waals surface area contributed by atoms with Gasteiger partial charge in [0.2, 0.25) is 0 Å². The van der Waals surface area contributed by atoms with E-state index in [0.717, 1.165) is 19.4 Å². The quantitative estimate of drug-likeness (QED) is 0.467. The fourth-order valence-electron chi connectivity index (χ4n) is 0.675. The second-order valence-corrected chi connectivity index (χ2v) is 3.60. The summed E-state index contributed by atoms with van der Waals surface area (Å²) >= 11 is 2.45. The van der Waals surface area contributed by atoms with Crippen molar-refractivity contribution in [1.82, 2.24) is 0 Å². The van der Waals surface area contributed by atoms with Gasteiger partial charge in [0, 0.05) is 0 Å². The van der Waals surface area contributed by atoms with Crippen LogP contribution in [-0.4, -0.2) is 27.5 Å². The van der Waals surface area contributed by atoms with E-state index in [-0.39, 0.29) is 0 Å². The van der Waals surface area contributed by atoms with Crippen LogP contribution in [0.5, 0.6) is 0 Å². The Labute approximate surface area is 65.2 Å². The first-order valence-electron chi connectivity index (χ1n) is 3.41. The van der Waals surface area contributed by atoms with Gasteiger partial charge in [-0.05, 0) is 0 Å². The normalized spacial score (nSPS) is 13.7. The van der Waals surface area contributed by atoms with Crippen molar-refractivity contribution >= 4 is 16.0 Å². The zero-order valence-corrected chi connectivity index (χ0v) is 7.59. The summed E-state index contributed by atoms with van der Waals surface area (Å²) < 4.78 is 0. The first-order valence-corrected chi connectivity index (χ1v) is 4.49.